The molecule has 0 aliphatic carbocycles. The normalized spacial score (nSPS) is 16.9. The Morgan fingerprint density at radius 3 is 3.05 bits per heavy atom. The van der Waals surface area contributed by atoms with Gasteiger partial charge in [-0.25, -0.2) is 0 Å². The van der Waals surface area contributed by atoms with Gasteiger partial charge in [0.05, 0.1) is 5.60 Å². The number of aliphatic hydroxyl groups is 1. The molecule has 1 aromatic rings. The number of thioether (sulfide) groups is 1. The van der Waals surface area contributed by atoms with E-state index in [9.17, 15) is 5.11 Å². The topological polar surface area (TPSA) is 41.5 Å². The van der Waals surface area contributed by atoms with E-state index in [1.165, 1.54) is 0 Å². The molecule has 2 N–H and O–H groups in total. The van der Waals surface area contributed by atoms with Crippen LogP contribution in [0, 0.1) is 0 Å². The Kier molecular flexibility index (Phi) is 5.38. The first-order chi connectivity index (χ1) is 9.50. The molecule has 0 spiro atoms. The van der Waals surface area contributed by atoms with E-state index in [1.54, 1.807) is 11.8 Å². The van der Waals surface area contributed by atoms with Gasteiger partial charge < -0.3 is 15.2 Å². The summed E-state index contributed by atoms with van der Waals surface area (Å²) in [5, 5.41) is 14.1. The summed E-state index contributed by atoms with van der Waals surface area (Å²) < 4.78 is 5.69. The summed E-state index contributed by atoms with van der Waals surface area (Å²) in [4.78, 5) is 0. The molecule has 0 saturated heterocycles. The first-order valence-corrected chi connectivity index (χ1v) is 8.31. The van der Waals surface area contributed by atoms with Crippen molar-refractivity contribution in [1.82, 2.24) is 5.32 Å². The van der Waals surface area contributed by atoms with Crippen molar-refractivity contribution >= 4 is 29.4 Å². The van der Waals surface area contributed by atoms with Crippen molar-refractivity contribution in [1.29, 1.82) is 0 Å². The van der Waals surface area contributed by atoms with Crippen LogP contribution in [0.5, 0.6) is 5.75 Å². The van der Waals surface area contributed by atoms with Gasteiger partial charge in [0, 0.05) is 29.4 Å². The summed E-state index contributed by atoms with van der Waals surface area (Å²) in [5.74, 6) is 1.58. The fourth-order valence-corrected chi connectivity index (χ4v) is 3.06. The van der Waals surface area contributed by atoms with E-state index in [0.717, 1.165) is 16.9 Å². The molecule has 1 aliphatic heterocycles. The number of ether oxygens (including phenoxy) is 1. The highest BCUT2D eigenvalue weighted by atomic mass is 35.5. The van der Waals surface area contributed by atoms with E-state index in [-0.39, 0.29) is 0 Å². The lowest BCUT2D eigenvalue weighted by molar-refractivity contribution is 0.0857. The third kappa shape index (κ3) is 4.42. The Bertz CT molecular complexity index is 503. The first-order valence-electron chi connectivity index (χ1n) is 6.54. The quantitative estimate of drug-likeness (QED) is 0.847. The molecule has 5 heteroatoms. The van der Waals surface area contributed by atoms with Gasteiger partial charge in [-0.1, -0.05) is 11.6 Å². The van der Waals surface area contributed by atoms with Crippen molar-refractivity contribution in [3.05, 3.63) is 34.4 Å². The standard InChI is InChI=1S/C15H20ClNO2S/c1-15(18,10-20-2)9-17-7-11-5-12-6-13(16)3-4-14(12)19-8-11/h3-6,17-18H,7-10H2,1-2H3. The maximum atomic E-state index is 10.1. The fourth-order valence-electron chi connectivity index (χ4n) is 2.15. The van der Waals surface area contributed by atoms with Gasteiger partial charge in [0.2, 0.25) is 0 Å². The Labute approximate surface area is 129 Å². The zero-order chi connectivity index (χ0) is 14.6. The minimum absolute atomic E-state index is 0.563. The van der Waals surface area contributed by atoms with Gasteiger partial charge in [-0.05, 0) is 43.0 Å². The average molecular weight is 314 g/mol. The highest BCUT2D eigenvalue weighted by molar-refractivity contribution is 7.98. The average Bonchev–Trinajstić information content (AvgIpc) is 2.38. The van der Waals surface area contributed by atoms with Gasteiger partial charge in [0.15, 0.2) is 0 Å². The molecule has 0 saturated carbocycles. The Morgan fingerprint density at radius 2 is 2.30 bits per heavy atom. The van der Waals surface area contributed by atoms with Crippen LogP contribution in [0.3, 0.4) is 0 Å². The highest BCUT2D eigenvalue weighted by Gasteiger charge is 2.19. The van der Waals surface area contributed by atoms with E-state index in [2.05, 4.69) is 11.4 Å². The number of rotatable bonds is 6. The largest absolute Gasteiger partial charge is 0.489 e. The fraction of sp³-hybridized carbons (Fsp3) is 0.467. The summed E-state index contributed by atoms with van der Waals surface area (Å²) in [5.41, 5.74) is 1.48. The molecular weight excluding hydrogens is 294 g/mol. The van der Waals surface area contributed by atoms with Crippen LogP contribution in [-0.4, -0.2) is 42.4 Å². The van der Waals surface area contributed by atoms with Crippen LogP contribution in [0.15, 0.2) is 23.8 Å². The van der Waals surface area contributed by atoms with Crippen molar-refractivity contribution in [3.8, 4) is 5.75 Å². The van der Waals surface area contributed by atoms with Crippen molar-refractivity contribution in [2.45, 2.75) is 12.5 Å². The maximum absolute atomic E-state index is 10.1. The lowest BCUT2D eigenvalue weighted by Gasteiger charge is -2.24. The molecule has 0 bridgehead atoms. The second kappa shape index (κ2) is 6.85. The van der Waals surface area contributed by atoms with Crippen molar-refractivity contribution < 1.29 is 9.84 Å². The minimum Gasteiger partial charge on any atom is -0.489 e. The van der Waals surface area contributed by atoms with Crippen LogP contribution in [0.2, 0.25) is 5.02 Å². The van der Waals surface area contributed by atoms with Crippen LogP contribution in [0.25, 0.3) is 6.08 Å². The van der Waals surface area contributed by atoms with E-state index in [0.29, 0.717) is 30.5 Å². The zero-order valence-electron chi connectivity index (χ0n) is 11.8. The molecule has 110 valence electrons. The highest BCUT2D eigenvalue weighted by Crippen LogP contribution is 2.28. The molecule has 0 fully saturated rings. The summed E-state index contributed by atoms with van der Waals surface area (Å²) in [7, 11) is 0. The monoisotopic (exact) mass is 313 g/mol. The molecule has 0 amide bonds. The summed E-state index contributed by atoms with van der Waals surface area (Å²) in [6.45, 7) is 3.69. The van der Waals surface area contributed by atoms with Gasteiger partial charge in [-0.3, -0.25) is 0 Å². The molecule has 0 radical (unpaired) electrons. The Morgan fingerprint density at radius 1 is 1.50 bits per heavy atom. The summed E-state index contributed by atoms with van der Waals surface area (Å²) >= 11 is 7.63. The number of hydrogen-bond donors (Lipinski definition) is 2. The van der Waals surface area contributed by atoms with Crippen molar-refractivity contribution in [3.63, 3.8) is 0 Å². The van der Waals surface area contributed by atoms with E-state index >= 15 is 0 Å². The predicted molar refractivity (Wildman–Crippen MR) is 86.8 cm³/mol. The van der Waals surface area contributed by atoms with Gasteiger partial charge in [-0.2, -0.15) is 11.8 Å². The number of hydrogen-bond acceptors (Lipinski definition) is 4. The second-order valence-corrected chi connectivity index (χ2v) is 6.61. The second-order valence-electron chi connectivity index (χ2n) is 5.31. The number of fused-ring (bicyclic) bond motifs is 1. The SMILES string of the molecule is CSCC(C)(O)CNCC1=Cc2cc(Cl)ccc2OC1. The lowest BCUT2D eigenvalue weighted by Crippen LogP contribution is -2.41. The van der Waals surface area contributed by atoms with Crippen LogP contribution in [0.1, 0.15) is 12.5 Å². The number of halogens is 1. The van der Waals surface area contributed by atoms with Gasteiger partial charge in [0.25, 0.3) is 0 Å². The lowest BCUT2D eigenvalue weighted by atomic mass is 10.1. The van der Waals surface area contributed by atoms with E-state index in [4.69, 9.17) is 16.3 Å². The third-order valence-corrected chi connectivity index (χ3v) is 4.20. The molecule has 1 aromatic carbocycles. The molecule has 1 aliphatic rings. The molecule has 0 aromatic heterocycles. The molecule has 2 rings (SSSR count). The summed E-state index contributed by atoms with van der Waals surface area (Å²) in [6, 6.07) is 5.62. The Balaban J connectivity index is 1.92. The molecule has 1 heterocycles. The van der Waals surface area contributed by atoms with E-state index < -0.39 is 5.60 Å². The number of benzene rings is 1. The molecule has 20 heavy (non-hydrogen) atoms. The van der Waals surface area contributed by atoms with Crippen molar-refractivity contribution in [2.24, 2.45) is 0 Å². The van der Waals surface area contributed by atoms with Gasteiger partial charge in [0.1, 0.15) is 12.4 Å². The van der Waals surface area contributed by atoms with Crippen molar-refractivity contribution in [2.75, 3.05) is 31.7 Å². The predicted octanol–water partition coefficient (Wildman–Crippen LogP) is 2.82. The molecule has 3 nitrogen and oxygen atoms in total. The van der Waals surface area contributed by atoms with E-state index in [1.807, 2.05) is 31.4 Å². The third-order valence-electron chi connectivity index (χ3n) is 3.06. The van der Waals surface area contributed by atoms with Gasteiger partial charge in [-0.15, -0.1) is 0 Å². The number of nitrogens with one attached hydrogen (secondary N) is 1. The zero-order valence-corrected chi connectivity index (χ0v) is 13.4. The Hall–Kier alpha value is -0.680. The molecule has 1 atom stereocenters. The minimum atomic E-state index is -0.684. The first kappa shape index (κ1) is 15.7. The van der Waals surface area contributed by atoms with Crippen LogP contribution < -0.4 is 10.1 Å². The van der Waals surface area contributed by atoms with Gasteiger partial charge >= 0.3 is 0 Å². The molecule has 1 unspecified atom stereocenters. The molecular formula is C15H20ClNO2S. The van der Waals surface area contributed by atoms with Crippen LogP contribution in [-0.2, 0) is 0 Å². The smallest absolute Gasteiger partial charge is 0.127 e. The van der Waals surface area contributed by atoms with Crippen LogP contribution in [0.4, 0.5) is 0 Å². The van der Waals surface area contributed by atoms with Crippen LogP contribution >= 0.6 is 23.4 Å². The maximum Gasteiger partial charge on any atom is 0.127 e. The summed E-state index contributed by atoms with van der Waals surface area (Å²) in [6.07, 6.45) is 4.09.